The maximum Gasteiger partial charge on any atom is 0.410 e. The van der Waals surface area contributed by atoms with E-state index in [0.717, 1.165) is 18.4 Å². The number of aromatic hydroxyl groups is 1. The minimum Gasteiger partial charge on any atom is -0.502 e. The zero-order valence-electron chi connectivity index (χ0n) is 20.2. The third-order valence-electron chi connectivity index (χ3n) is 6.22. The zero-order valence-corrected chi connectivity index (χ0v) is 20.2. The Hall–Kier alpha value is -2.87. The van der Waals surface area contributed by atoms with Gasteiger partial charge in [0.15, 0.2) is 0 Å². The molecule has 33 heavy (non-hydrogen) atoms. The topological polar surface area (TPSA) is 105 Å². The number of H-pyrrole nitrogens is 1. The Morgan fingerprint density at radius 3 is 2.45 bits per heavy atom. The second-order valence-electron chi connectivity index (χ2n) is 9.86. The number of hydrogen-bond acceptors (Lipinski definition) is 6. The predicted molar refractivity (Wildman–Crippen MR) is 125 cm³/mol. The van der Waals surface area contributed by atoms with Crippen LogP contribution in [0.2, 0.25) is 0 Å². The molecule has 1 aliphatic carbocycles. The first-order valence-electron chi connectivity index (χ1n) is 11.4. The summed E-state index contributed by atoms with van der Waals surface area (Å²) in [6, 6.07) is 10.0. The van der Waals surface area contributed by atoms with E-state index in [4.69, 9.17) is 9.47 Å². The summed E-state index contributed by atoms with van der Waals surface area (Å²) in [5.41, 5.74) is -0.730. The van der Waals surface area contributed by atoms with Crippen LogP contribution in [0.5, 0.6) is 5.75 Å². The van der Waals surface area contributed by atoms with Gasteiger partial charge in [-0.3, -0.25) is 9.69 Å². The molecule has 0 bridgehead atoms. The number of benzene rings is 1. The predicted octanol–water partition coefficient (Wildman–Crippen LogP) is 4.25. The fourth-order valence-electron chi connectivity index (χ4n) is 4.28. The largest absolute Gasteiger partial charge is 0.502 e. The van der Waals surface area contributed by atoms with Crippen LogP contribution < -0.4 is 5.56 Å². The Labute approximate surface area is 195 Å². The molecule has 0 aliphatic heterocycles. The van der Waals surface area contributed by atoms with Gasteiger partial charge in [0.05, 0.1) is 12.3 Å². The van der Waals surface area contributed by atoms with E-state index in [-0.39, 0.29) is 5.69 Å². The molecule has 0 atom stereocenters. The lowest BCUT2D eigenvalue weighted by atomic mass is 9.75. The summed E-state index contributed by atoms with van der Waals surface area (Å²) in [5.74, 6) is 0.301. The summed E-state index contributed by atoms with van der Waals surface area (Å²) in [4.78, 5) is 34.0. The van der Waals surface area contributed by atoms with Crippen molar-refractivity contribution in [2.24, 2.45) is 5.92 Å². The highest BCUT2D eigenvalue weighted by molar-refractivity contribution is 5.69. The Morgan fingerprint density at radius 2 is 1.88 bits per heavy atom. The molecule has 0 radical (unpaired) electrons. The number of rotatable bonds is 6. The molecule has 8 heteroatoms. The zero-order chi connectivity index (χ0) is 24.2. The number of aromatic amines is 1. The second-order valence-corrected chi connectivity index (χ2v) is 9.86. The van der Waals surface area contributed by atoms with Crippen LogP contribution in [0.3, 0.4) is 0 Å². The molecule has 1 aliphatic rings. The summed E-state index contributed by atoms with van der Waals surface area (Å²) >= 11 is 0. The molecule has 1 aromatic heterocycles. The lowest BCUT2D eigenvalue weighted by Gasteiger charge is -2.45. The first-order chi connectivity index (χ1) is 15.5. The number of nitrogens with zero attached hydrogens (tertiary/aromatic N) is 2. The van der Waals surface area contributed by atoms with E-state index in [9.17, 15) is 14.7 Å². The Morgan fingerprint density at radius 1 is 1.24 bits per heavy atom. The average Bonchev–Trinajstić information content (AvgIpc) is 2.77. The van der Waals surface area contributed by atoms with Gasteiger partial charge in [-0.15, -0.1) is 0 Å². The van der Waals surface area contributed by atoms with Gasteiger partial charge in [-0.25, -0.2) is 9.78 Å². The van der Waals surface area contributed by atoms with Crippen molar-refractivity contribution in [1.82, 2.24) is 14.9 Å². The van der Waals surface area contributed by atoms with Crippen LogP contribution in [0.1, 0.15) is 63.5 Å². The standard InChI is InChI=1S/C25H35N3O5/c1-17-20(29)21(30)27-22(26-17)25(28(5)23(31)33-24(2,3)4)13-11-19(12-14-25)16-32-15-18-9-7-6-8-10-18/h6-10,19,29H,11-16H2,1-5H3,(H,26,27,30). The molecule has 1 heterocycles. The number of hydrogen-bond donors (Lipinski definition) is 2. The van der Waals surface area contributed by atoms with Gasteiger partial charge in [-0.2, -0.15) is 0 Å². The van der Waals surface area contributed by atoms with Gasteiger partial charge in [0.1, 0.15) is 17.0 Å². The number of ether oxygens (including phenoxy) is 2. The van der Waals surface area contributed by atoms with E-state index in [1.54, 1.807) is 18.9 Å². The van der Waals surface area contributed by atoms with Gasteiger partial charge in [0.2, 0.25) is 5.75 Å². The monoisotopic (exact) mass is 457 g/mol. The van der Waals surface area contributed by atoms with E-state index in [2.05, 4.69) is 9.97 Å². The highest BCUT2D eigenvalue weighted by Gasteiger charge is 2.46. The highest BCUT2D eigenvalue weighted by atomic mass is 16.6. The number of amides is 1. The van der Waals surface area contributed by atoms with Crippen molar-refractivity contribution in [2.45, 2.75) is 71.1 Å². The first-order valence-corrected chi connectivity index (χ1v) is 11.4. The van der Waals surface area contributed by atoms with Crippen LogP contribution in [0.25, 0.3) is 0 Å². The van der Waals surface area contributed by atoms with Gasteiger partial charge < -0.3 is 19.6 Å². The van der Waals surface area contributed by atoms with Gasteiger partial charge in [0.25, 0.3) is 5.56 Å². The second kappa shape index (κ2) is 9.95. The van der Waals surface area contributed by atoms with E-state index in [0.29, 0.717) is 37.8 Å². The van der Waals surface area contributed by atoms with Gasteiger partial charge >= 0.3 is 6.09 Å². The van der Waals surface area contributed by atoms with Gasteiger partial charge in [-0.05, 0) is 64.9 Å². The van der Waals surface area contributed by atoms with E-state index >= 15 is 0 Å². The van der Waals surface area contributed by atoms with Gasteiger partial charge in [0, 0.05) is 13.7 Å². The molecule has 0 unspecified atom stereocenters. The molecule has 1 saturated carbocycles. The number of carbonyl (C=O) groups is 1. The molecule has 180 valence electrons. The van der Waals surface area contributed by atoms with Crippen molar-refractivity contribution in [3.05, 3.63) is 57.8 Å². The molecule has 0 saturated heterocycles. The van der Waals surface area contributed by atoms with Crippen molar-refractivity contribution < 1.29 is 19.4 Å². The number of nitrogens with one attached hydrogen (secondary N) is 1. The van der Waals surface area contributed by atoms with E-state index < -0.39 is 28.5 Å². The van der Waals surface area contributed by atoms with Crippen molar-refractivity contribution in [1.29, 1.82) is 0 Å². The van der Waals surface area contributed by atoms with Crippen molar-refractivity contribution in [3.63, 3.8) is 0 Å². The third-order valence-corrected chi connectivity index (χ3v) is 6.22. The van der Waals surface area contributed by atoms with Crippen molar-refractivity contribution >= 4 is 6.09 Å². The minimum atomic E-state index is -0.837. The lowest BCUT2D eigenvalue weighted by Crippen LogP contribution is -2.52. The van der Waals surface area contributed by atoms with Crippen LogP contribution in [0.4, 0.5) is 4.79 Å². The van der Waals surface area contributed by atoms with Crippen LogP contribution in [-0.2, 0) is 21.6 Å². The third kappa shape index (κ3) is 5.93. The molecule has 1 fully saturated rings. The summed E-state index contributed by atoms with van der Waals surface area (Å²) < 4.78 is 11.6. The Kier molecular flexibility index (Phi) is 7.47. The number of aryl methyl sites for hydroxylation is 1. The highest BCUT2D eigenvalue weighted by Crippen LogP contribution is 2.43. The van der Waals surface area contributed by atoms with Gasteiger partial charge in [-0.1, -0.05) is 30.3 Å². The van der Waals surface area contributed by atoms with Crippen LogP contribution in [-0.4, -0.2) is 45.3 Å². The molecule has 2 aromatic rings. The molecular formula is C25H35N3O5. The SMILES string of the molecule is Cc1nc(C2(N(C)C(=O)OC(C)(C)C)CCC(COCc3ccccc3)CC2)[nH]c(=O)c1O. The quantitative estimate of drug-likeness (QED) is 0.672. The summed E-state index contributed by atoms with van der Waals surface area (Å²) in [6.45, 7) is 8.22. The first kappa shape index (κ1) is 24.8. The lowest BCUT2D eigenvalue weighted by molar-refractivity contribution is -0.0196. The number of aromatic nitrogens is 2. The van der Waals surface area contributed by atoms with Crippen LogP contribution in [0.15, 0.2) is 35.1 Å². The molecular weight excluding hydrogens is 422 g/mol. The smallest absolute Gasteiger partial charge is 0.410 e. The van der Waals surface area contributed by atoms with Crippen molar-refractivity contribution in [3.8, 4) is 5.75 Å². The number of carbonyl (C=O) groups excluding carboxylic acids is 1. The fraction of sp³-hybridized carbons (Fsp3) is 0.560. The average molecular weight is 458 g/mol. The maximum absolute atomic E-state index is 13.0. The van der Waals surface area contributed by atoms with Crippen LogP contribution in [0, 0.1) is 12.8 Å². The summed E-state index contributed by atoms with van der Waals surface area (Å²) in [6.07, 6.45) is 2.30. The fourth-order valence-corrected chi connectivity index (χ4v) is 4.28. The normalized spacial score (nSPS) is 20.9. The molecule has 2 N–H and O–H groups in total. The molecule has 1 amide bonds. The summed E-state index contributed by atoms with van der Waals surface area (Å²) in [5, 5.41) is 9.92. The Balaban J connectivity index is 1.78. The van der Waals surface area contributed by atoms with Crippen molar-refractivity contribution in [2.75, 3.05) is 13.7 Å². The van der Waals surface area contributed by atoms with Crippen LogP contribution >= 0.6 is 0 Å². The molecule has 0 spiro atoms. The molecule has 8 nitrogen and oxygen atoms in total. The van der Waals surface area contributed by atoms with E-state index in [1.807, 2.05) is 51.1 Å². The molecule has 3 rings (SSSR count). The minimum absolute atomic E-state index is 0.235. The molecule has 1 aromatic carbocycles. The van der Waals surface area contributed by atoms with E-state index in [1.165, 1.54) is 0 Å². The summed E-state index contributed by atoms with van der Waals surface area (Å²) in [7, 11) is 1.68. The maximum atomic E-state index is 13.0. The Bertz CT molecular complexity index is 1000.